The van der Waals surface area contributed by atoms with Gasteiger partial charge in [0, 0.05) is 33.4 Å². The Hall–Kier alpha value is -2.51. The number of hydrogen-bond acceptors (Lipinski definition) is 6. The minimum atomic E-state index is -0.126. The molecule has 104 valence electrons. The van der Waals surface area contributed by atoms with Gasteiger partial charge in [0.25, 0.3) is 11.9 Å². The molecule has 3 heterocycles. The van der Waals surface area contributed by atoms with Gasteiger partial charge in [-0.3, -0.25) is 9.69 Å². The third-order valence-corrected chi connectivity index (χ3v) is 3.20. The molecule has 0 radical (unpaired) electrons. The molecular formula is C12H15N7O. The van der Waals surface area contributed by atoms with Crippen LogP contribution in [0.5, 0.6) is 0 Å². The number of nitrogens with zero attached hydrogens (tertiary/aromatic N) is 7. The van der Waals surface area contributed by atoms with Gasteiger partial charge in [-0.25, -0.2) is 9.67 Å². The molecule has 1 amide bonds. The van der Waals surface area contributed by atoms with Gasteiger partial charge in [0.1, 0.15) is 5.82 Å². The van der Waals surface area contributed by atoms with E-state index < -0.39 is 0 Å². The molecule has 1 aliphatic heterocycles. The Balaban J connectivity index is 1.87. The molecule has 0 fully saturated rings. The number of pyridine rings is 1. The normalized spacial score (nSPS) is 14.0. The predicted molar refractivity (Wildman–Crippen MR) is 72.7 cm³/mol. The van der Waals surface area contributed by atoms with Crippen molar-refractivity contribution in [1.29, 1.82) is 0 Å². The Labute approximate surface area is 116 Å². The molecular weight excluding hydrogens is 258 g/mol. The summed E-state index contributed by atoms with van der Waals surface area (Å²) in [5.74, 6) is 1.18. The Morgan fingerprint density at radius 2 is 2.15 bits per heavy atom. The lowest BCUT2D eigenvalue weighted by Gasteiger charge is -2.25. The number of aryl methyl sites for hydroxylation is 1. The molecule has 2 aromatic rings. The van der Waals surface area contributed by atoms with E-state index in [1.807, 2.05) is 25.1 Å². The number of fused-ring (bicyclic) bond motifs is 1. The van der Waals surface area contributed by atoms with Gasteiger partial charge in [0.15, 0.2) is 0 Å². The van der Waals surface area contributed by atoms with Crippen molar-refractivity contribution in [3.05, 3.63) is 23.9 Å². The number of aromatic nitrogens is 5. The summed E-state index contributed by atoms with van der Waals surface area (Å²) in [4.78, 5) is 20.2. The first kappa shape index (κ1) is 12.5. The highest BCUT2D eigenvalue weighted by Gasteiger charge is 2.26. The fourth-order valence-electron chi connectivity index (χ4n) is 2.14. The van der Waals surface area contributed by atoms with Crippen molar-refractivity contribution >= 4 is 17.7 Å². The van der Waals surface area contributed by atoms with Crippen LogP contribution in [0.1, 0.15) is 16.8 Å². The molecule has 0 bridgehead atoms. The molecule has 20 heavy (non-hydrogen) atoms. The van der Waals surface area contributed by atoms with Gasteiger partial charge in [-0.15, -0.1) is 0 Å². The maximum Gasteiger partial charge on any atom is 0.262 e. The lowest BCUT2D eigenvalue weighted by atomic mass is 10.2. The first-order valence-corrected chi connectivity index (χ1v) is 6.38. The maximum absolute atomic E-state index is 12.5. The number of rotatable bonds is 2. The van der Waals surface area contributed by atoms with Crippen molar-refractivity contribution in [1.82, 2.24) is 25.2 Å². The zero-order valence-corrected chi connectivity index (χ0v) is 11.4. The highest BCUT2D eigenvalue weighted by Crippen LogP contribution is 2.19. The molecule has 0 spiro atoms. The molecule has 1 aliphatic rings. The number of amides is 1. The van der Waals surface area contributed by atoms with Crippen LogP contribution in [0.25, 0.3) is 0 Å². The Morgan fingerprint density at radius 1 is 1.30 bits per heavy atom. The van der Waals surface area contributed by atoms with Crippen LogP contribution in [0.3, 0.4) is 0 Å². The van der Waals surface area contributed by atoms with Crippen LogP contribution >= 0.6 is 0 Å². The first-order valence-electron chi connectivity index (χ1n) is 6.38. The van der Waals surface area contributed by atoms with Gasteiger partial charge in [-0.05, 0) is 29.0 Å². The van der Waals surface area contributed by atoms with Crippen molar-refractivity contribution < 1.29 is 4.79 Å². The average molecular weight is 273 g/mol. The van der Waals surface area contributed by atoms with E-state index in [9.17, 15) is 4.79 Å². The smallest absolute Gasteiger partial charge is 0.262 e. The lowest BCUT2D eigenvalue weighted by Crippen LogP contribution is -2.38. The van der Waals surface area contributed by atoms with Crippen molar-refractivity contribution in [2.75, 3.05) is 30.4 Å². The summed E-state index contributed by atoms with van der Waals surface area (Å²) in [7, 11) is 3.81. The molecule has 0 saturated carbocycles. The van der Waals surface area contributed by atoms with Gasteiger partial charge < -0.3 is 4.90 Å². The molecule has 8 heteroatoms. The fraction of sp³-hybridized carbons (Fsp3) is 0.417. The summed E-state index contributed by atoms with van der Waals surface area (Å²) in [6.07, 6.45) is 2.42. The zero-order valence-electron chi connectivity index (χ0n) is 11.4. The summed E-state index contributed by atoms with van der Waals surface area (Å²) in [6.45, 7) is 1.36. The van der Waals surface area contributed by atoms with Gasteiger partial charge in [-0.2, -0.15) is 0 Å². The van der Waals surface area contributed by atoms with E-state index in [1.165, 1.54) is 0 Å². The van der Waals surface area contributed by atoms with E-state index in [4.69, 9.17) is 0 Å². The van der Waals surface area contributed by atoms with E-state index >= 15 is 0 Å². The van der Waals surface area contributed by atoms with E-state index in [1.54, 1.807) is 21.8 Å². The quantitative estimate of drug-likeness (QED) is 0.776. The molecule has 8 nitrogen and oxygen atoms in total. The second kappa shape index (κ2) is 4.87. The maximum atomic E-state index is 12.5. The highest BCUT2D eigenvalue weighted by atomic mass is 16.2. The number of carbonyl (C=O) groups is 1. The molecule has 0 unspecified atom stereocenters. The molecule has 2 aromatic heterocycles. The van der Waals surface area contributed by atoms with Crippen LogP contribution in [0, 0.1) is 0 Å². The number of carbonyl (C=O) groups excluding carboxylic acids is 1. The van der Waals surface area contributed by atoms with Crippen molar-refractivity contribution in [2.24, 2.45) is 0 Å². The SMILES string of the molecule is CN(C)c1ccc(C(=O)N2CCCn3nnnc32)cn1. The van der Waals surface area contributed by atoms with Crippen molar-refractivity contribution in [3.63, 3.8) is 0 Å². The van der Waals surface area contributed by atoms with Gasteiger partial charge in [-0.1, -0.05) is 5.10 Å². The first-order chi connectivity index (χ1) is 9.66. The Bertz CT molecular complexity index is 619. The lowest BCUT2D eigenvalue weighted by molar-refractivity contribution is 0.0980. The van der Waals surface area contributed by atoms with Crippen LogP contribution in [0.15, 0.2) is 18.3 Å². The van der Waals surface area contributed by atoms with E-state index in [0.717, 1.165) is 18.8 Å². The van der Waals surface area contributed by atoms with Crippen molar-refractivity contribution in [3.8, 4) is 0 Å². The van der Waals surface area contributed by atoms with Crippen LogP contribution in [-0.2, 0) is 6.54 Å². The standard InChI is InChI=1S/C12H15N7O/c1-17(2)10-5-4-9(8-13-10)11(20)18-6-3-7-19-12(18)14-15-16-19/h4-5,8H,3,6-7H2,1-2H3. The molecule has 0 N–H and O–H groups in total. The van der Waals surface area contributed by atoms with Gasteiger partial charge in [0.05, 0.1) is 5.56 Å². The van der Waals surface area contributed by atoms with E-state index in [-0.39, 0.29) is 5.91 Å². The molecule has 0 saturated heterocycles. The van der Waals surface area contributed by atoms with Crippen LogP contribution in [0.4, 0.5) is 11.8 Å². The second-order valence-corrected chi connectivity index (χ2v) is 4.81. The van der Waals surface area contributed by atoms with E-state index in [0.29, 0.717) is 18.1 Å². The topological polar surface area (TPSA) is 80.0 Å². The summed E-state index contributed by atoms with van der Waals surface area (Å²) in [5.41, 5.74) is 0.534. The zero-order chi connectivity index (χ0) is 14.1. The minimum Gasteiger partial charge on any atom is -0.363 e. The highest BCUT2D eigenvalue weighted by molar-refractivity contribution is 6.05. The summed E-state index contributed by atoms with van der Waals surface area (Å²) in [6, 6.07) is 3.59. The summed E-state index contributed by atoms with van der Waals surface area (Å²) < 4.78 is 1.64. The van der Waals surface area contributed by atoms with Crippen LogP contribution in [0.2, 0.25) is 0 Å². The van der Waals surface area contributed by atoms with E-state index in [2.05, 4.69) is 20.5 Å². The van der Waals surface area contributed by atoms with Crippen LogP contribution in [-0.4, -0.2) is 51.7 Å². The number of anilines is 2. The van der Waals surface area contributed by atoms with Crippen LogP contribution < -0.4 is 9.80 Å². The molecule has 0 atom stereocenters. The van der Waals surface area contributed by atoms with Gasteiger partial charge >= 0.3 is 0 Å². The molecule has 0 aliphatic carbocycles. The largest absolute Gasteiger partial charge is 0.363 e. The average Bonchev–Trinajstić information content (AvgIpc) is 2.95. The fourth-order valence-corrected chi connectivity index (χ4v) is 2.14. The molecule has 0 aromatic carbocycles. The predicted octanol–water partition coefficient (Wildman–Crippen LogP) is 0.185. The number of tetrazole rings is 1. The van der Waals surface area contributed by atoms with Crippen molar-refractivity contribution in [2.45, 2.75) is 13.0 Å². The summed E-state index contributed by atoms with van der Waals surface area (Å²) >= 11 is 0. The summed E-state index contributed by atoms with van der Waals surface area (Å²) in [5, 5.41) is 11.4. The number of hydrogen-bond donors (Lipinski definition) is 0. The van der Waals surface area contributed by atoms with Gasteiger partial charge in [0.2, 0.25) is 0 Å². The Morgan fingerprint density at radius 3 is 2.85 bits per heavy atom. The third kappa shape index (κ3) is 2.09. The second-order valence-electron chi connectivity index (χ2n) is 4.81. The minimum absolute atomic E-state index is 0.126. The monoisotopic (exact) mass is 273 g/mol. The molecule has 3 rings (SSSR count). The Kier molecular flexibility index (Phi) is 3.05. The third-order valence-electron chi connectivity index (χ3n) is 3.20.